The van der Waals surface area contributed by atoms with Crippen molar-refractivity contribution in [3.63, 3.8) is 0 Å². The molecule has 1 atom stereocenters. The van der Waals surface area contributed by atoms with Crippen molar-refractivity contribution in [2.75, 3.05) is 30.9 Å². The first-order valence-electron chi connectivity index (χ1n) is 7.57. The number of rotatable bonds is 4. The Morgan fingerprint density at radius 1 is 1.46 bits per heavy atom. The van der Waals surface area contributed by atoms with Crippen molar-refractivity contribution >= 4 is 54.9 Å². The number of fused-ring (bicyclic) bond motifs is 1. The van der Waals surface area contributed by atoms with Gasteiger partial charge in [0.05, 0.1) is 22.4 Å². The first-order chi connectivity index (χ1) is 11.4. The molecule has 2 heterocycles. The van der Waals surface area contributed by atoms with Crippen LogP contribution >= 0.6 is 23.1 Å². The molecule has 1 aliphatic heterocycles. The van der Waals surface area contributed by atoms with Gasteiger partial charge < -0.3 is 5.32 Å². The fourth-order valence-electron chi connectivity index (χ4n) is 2.77. The van der Waals surface area contributed by atoms with Gasteiger partial charge in [0, 0.05) is 18.8 Å². The average Bonchev–Trinajstić information content (AvgIpc) is 2.96. The number of piperidine rings is 1. The van der Waals surface area contributed by atoms with Crippen LogP contribution in [0.25, 0.3) is 10.2 Å². The van der Waals surface area contributed by atoms with Gasteiger partial charge in [0.1, 0.15) is 0 Å². The molecule has 0 aliphatic carbocycles. The summed E-state index contributed by atoms with van der Waals surface area (Å²) in [4.78, 5) is 17.0. The van der Waals surface area contributed by atoms with Crippen molar-refractivity contribution in [3.05, 3.63) is 18.2 Å². The molecule has 1 amide bonds. The molecular formula is C15H19N3O3S3. The molecule has 0 saturated carbocycles. The molecule has 1 fully saturated rings. The number of nitrogens with one attached hydrogen (secondary N) is 1. The summed E-state index contributed by atoms with van der Waals surface area (Å²) < 4.78 is 26.8. The van der Waals surface area contributed by atoms with Crippen LogP contribution in [0.3, 0.4) is 0 Å². The molecule has 130 valence electrons. The van der Waals surface area contributed by atoms with E-state index in [1.807, 2.05) is 24.5 Å². The summed E-state index contributed by atoms with van der Waals surface area (Å²) >= 11 is 3.19. The molecule has 0 radical (unpaired) electrons. The molecule has 1 aromatic heterocycles. The minimum atomic E-state index is -3.25. The van der Waals surface area contributed by atoms with Gasteiger partial charge in [0.15, 0.2) is 4.34 Å². The highest BCUT2D eigenvalue weighted by atomic mass is 32.2. The van der Waals surface area contributed by atoms with Gasteiger partial charge in [-0.2, -0.15) is 0 Å². The summed E-state index contributed by atoms with van der Waals surface area (Å²) in [5.74, 6) is -0.440. The zero-order chi connectivity index (χ0) is 17.3. The predicted molar refractivity (Wildman–Crippen MR) is 99.2 cm³/mol. The Hall–Kier alpha value is -1.16. The number of carbonyl (C=O) groups excluding carboxylic acids is 1. The van der Waals surface area contributed by atoms with Crippen molar-refractivity contribution in [2.45, 2.75) is 17.2 Å². The summed E-state index contributed by atoms with van der Waals surface area (Å²) in [5.41, 5.74) is 1.64. The topological polar surface area (TPSA) is 79.4 Å². The molecule has 9 heteroatoms. The highest BCUT2D eigenvalue weighted by Crippen LogP contribution is 2.30. The van der Waals surface area contributed by atoms with E-state index in [2.05, 4.69) is 10.3 Å². The number of sulfonamides is 1. The zero-order valence-corrected chi connectivity index (χ0v) is 15.9. The van der Waals surface area contributed by atoms with E-state index in [9.17, 15) is 13.2 Å². The van der Waals surface area contributed by atoms with E-state index >= 15 is 0 Å². The number of aromatic nitrogens is 1. The molecule has 0 unspecified atom stereocenters. The summed E-state index contributed by atoms with van der Waals surface area (Å²) in [6, 6.07) is 5.65. The number of hydrogen-bond acceptors (Lipinski definition) is 6. The largest absolute Gasteiger partial charge is 0.326 e. The van der Waals surface area contributed by atoms with Crippen LogP contribution in [-0.2, 0) is 14.8 Å². The second-order valence-electron chi connectivity index (χ2n) is 5.82. The summed E-state index contributed by atoms with van der Waals surface area (Å²) in [7, 11) is -3.25. The van der Waals surface area contributed by atoms with Gasteiger partial charge in [0.25, 0.3) is 0 Å². The third-order valence-electron chi connectivity index (χ3n) is 4.03. The van der Waals surface area contributed by atoms with Crippen molar-refractivity contribution in [2.24, 2.45) is 5.92 Å². The van der Waals surface area contributed by atoms with Crippen LogP contribution in [0.1, 0.15) is 12.8 Å². The van der Waals surface area contributed by atoms with Gasteiger partial charge in [-0.05, 0) is 37.3 Å². The van der Waals surface area contributed by atoms with Gasteiger partial charge in [-0.25, -0.2) is 17.7 Å². The summed E-state index contributed by atoms with van der Waals surface area (Å²) in [6.07, 6.45) is 4.58. The first-order valence-corrected chi connectivity index (χ1v) is 11.5. The van der Waals surface area contributed by atoms with Crippen molar-refractivity contribution in [3.8, 4) is 0 Å². The first kappa shape index (κ1) is 17.7. The second-order valence-corrected chi connectivity index (χ2v) is 9.88. The molecular weight excluding hydrogens is 366 g/mol. The fraction of sp³-hybridized carbons (Fsp3) is 0.467. The maximum atomic E-state index is 12.5. The Balaban J connectivity index is 1.72. The number of amides is 1. The third kappa shape index (κ3) is 3.90. The molecule has 24 heavy (non-hydrogen) atoms. The van der Waals surface area contributed by atoms with Crippen LogP contribution in [0.5, 0.6) is 0 Å². The van der Waals surface area contributed by atoms with Gasteiger partial charge >= 0.3 is 0 Å². The lowest BCUT2D eigenvalue weighted by Gasteiger charge is -2.30. The minimum absolute atomic E-state index is 0.127. The lowest BCUT2D eigenvalue weighted by atomic mass is 9.99. The number of benzene rings is 1. The van der Waals surface area contributed by atoms with Gasteiger partial charge in [0.2, 0.25) is 15.9 Å². The number of carbonyl (C=O) groups is 1. The molecule has 1 aromatic carbocycles. The van der Waals surface area contributed by atoms with E-state index in [1.54, 1.807) is 23.1 Å². The Morgan fingerprint density at radius 3 is 2.96 bits per heavy atom. The fourth-order valence-corrected chi connectivity index (χ4v) is 5.21. The average molecular weight is 386 g/mol. The van der Waals surface area contributed by atoms with E-state index in [4.69, 9.17) is 0 Å². The van der Waals surface area contributed by atoms with Crippen LogP contribution in [0.2, 0.25) is 0 Å². The lowest BCUT2D eigenvalue weighted by molar-refractivity contribution is -0.120. The van der Waals surface area contributed by atoms with Gasteiger partial charge in [-0.1, -0.05) is 11.8 Å². The van der Waals surface area contributed by atoms with Crippen LogP contribution in [0, 0.1) is 5.92 Å². The maximum Gasteiger partial charge on any atom is 0.228 e. The second kappa shape index (κ2) is 6.99. The number of nitrogens with zero attached hydrogens (tertiary/aromatic N) is 2. The third-order valence-corrected chi connectivity index (χ3v) is 7.31. The quantitative estimate of drug-likeness (QED) is 0.819. The Labute approximate surface area is 149 Å². The molecule has 1 aliphatic rings. The zero-order valence-electron chi connectivity index (χ0n) is 13.5. The number of thioether (sulfide) groups is 1. The van der Waals surface area contributed by atoms with Gasteiger partial charge in [-0.15, -0.1) is 11.3 Å². The predicted octanol–water partition coefficient (Wildman–Crippen LogP) is 2.63. The Bertz CT molecular complexity index is 863. The van der Waals surface area contributed by atoms with E-state index in [-0.39, 0.29) is 18.4 Å². The molecule has 1 N–H and O–H groups in total. The standard InChI is InChI=1S/C15H19N3O3S3/c1-22-15-17-12-6-5-11(8-13(12)23-15)16-14(19)10-4-3-7-18(9-10)24(2,20)21/h5-6,8,10H,3-4,7,9H2,1-2H3,(H,16,19)/t10-/m0/s1. The van der Waals surface area contributed by atoms with Crippen molar-refractivity contribution in [1.29, 1.82) is 0 Å². The van der Waals surface area contributed by atoms with E-state index in [1.165, 1.54) is 10.6 Å². The number of hydrogen-bond donors (Lipinski definition) is 1. The van der Waals surface area contributed by atoms with E-state index in [0.29, 0.717) is 19.4 Å². The van der Waals surface area contributed by atoms with E-state index in [0.717, 1.165) is 20.2 Å². The SMILES string of the molecule is CSc1nc2ccc(NC(=O)[C@H]3CCCN(S(C)(=O)=O)C3)cc2s1. The highest BCUT2D eigenvalue weighted by molar-refractivity contribution is 8.00. The maximum absolute atomic E-state index is 12.5. The number of thiazole rings is 1. The van der Waals surface area contributed by atoms with Crippen LogP contribution < -0.4 is 5.32 Å². The van der Waals surface area contributed by atoms with Crippen LogP contribution in [0.15, 0.2) is 22.5 Å². The summed E-state index contributed by atoms with van der Waals surface area (Å²) in [6.45, 7) is 0.747. The van der Waals surface area contributed by atoms with E-state index < -0.39 is 10.0 Å². The molecule has 3 rings (SSSR count). The molecule has 0 bridgehead atoms. The molecule has 1 saturated heterocycles. The normalized spacial score (nSPS) is 19.5. The summed E-state index contributed by atoms with van der Waals surface area (Å²) in [5, 5.41) is 2.91. The van der Waals surface area contributed by atoms with Crippen molar-refractivity contribution < 1.29 is 13.2 Å². The minimum Gasteiger partial charge on any atom is -0.326 e. The number of anilines is 1. The Morgan fingerprint density at radius 2 is 2.25 bits per heavy atom. The Kier molecular flexibility index (Phi) is 5.14. The molecule has 6 nitrogen and oxygen atoms in total. The van der Waals surface area contributed by atoms with Crippen LogP contribution in [-0.4, -0.2) is 49.2 Å². The van der Waals surface area contributed by atoms with Crippen molar-refractivity contribution in [1.82, 2.24) is 9.29 Å². The molecule has 2 aromatic rings. The molecule has 0 spiro atoms. The van der Waals surface area contributed by atoms with Crippen LogP contribution in [0.4, 0.5) is 5.69 Å². The highest BCUT2D eigenvalue weighted by Gasteiger charge is 2.30. The smallest absolute Gasteiger partial charge is 0.228 e. The monoisotopic (exact) mass is 385 g/mol. The van der Waals surface area contributed by atoms with Gasteiger partial charge in [-0.3, -0.25) is 4.79 Å². The lowest BCUT2D eigenvalue weighted by Crippen LogP contribution is -2.43.